The normalized spacial score (nSPS) is 21.3. The van der Waals surface area contributed by atoms with Crippen LogP contribution in [0, 0.1) is 5.82 Å². The Kier molecular flexibility index (Phi) is 4.95. The molecule has 1 aromatic carbocycles. The molecule has 1 aromatic rings. The van der Waals surface area contributed by atoms with Crippen molar-refractivity contribution < 1.29 is 14.0 Å². The molecule has 0 radical (unpaired) electrons. The third-order valence-corrected chi connectivity index (χ3v) is 5.09. The van der Waals surface area contributed by atoms with Gasteiger partial charge in [0.1, 0.15) is 11.1 Å². The van der Waals surface area contributed by atoms with Gasteiger partial charge in [-0.15, -0.1) is 0 Å². The van der Waals surface area contributed by atoms with Gasteiger partial charge in [-0.05, 0) is 31.4 Å². The van der Waals surface area contributed by atoms with Crippen LogP contribution in [0.15, 0.2) is 29.3 Å². The first-order valence-electron chi connectivity index (χ1n) is 7.72. The quantitative estimate of drug-likeness (QED) is 0.922. The third kappa shape index (κ3) is 3.90. The number of carbonyl (C=O) groups is 2. The van der Waals surface area contributed by atoms with Crippen LogP contribution in [-0.4, -0.2) is 40.2 Å². The second kappa shape index (κ2) is 7.12. The number of rotatable bonds is 3. The fourth-order valence-electron chi connectivity index (χ4n) is 2.66. The summed E-state index contributed by atoms with van der Waals surface area (Å²) in [7, 11) is 0. The molecule has 1 unspecified atom stereocenters. The van der Waals surface area contributed by atoms with Crippen molar-refractivity contribution >= 4 is 34.4 Å². The van der Waals surface area contributed by atoms with Crippen molar-refractivity contribution in [2.45, 2.75) is 30.9 Å². The fourth-order valence-corrected chi connectivity index (χ4v) is 3.78. The van der Waals surface area contributed by atoms with Gasteiger partial charge in [0.2, 0.25) is 5.91 Å². The highest BCUT2D eigenvalue weighted by atomic mass is 32.2. The van der Waals surface area contributed by atoms with Gasteiger partial charge in [-0.25, -0.2) is 4.39 Å². The first-order chi connectivity index (χ1) is 11.1. The Morgan fingerprint density at radius 3 is 2.78 bits per heavy atom. The smallest absolute Gasteiger partial charge is 0.262 e. The largest absolute Gasteiger partial charge is 0.351 e. The molecule has 7 heteroatoms. The van der Waals surface area contributed by atoms with Crippen LogP contribution in [0.3, 0.4) is 0 Å². The van der Waals surface area contributed by atoms with Crippen LogP contribution >= 0.6 is 11.8 Å². The van der Waals surface area contributed by atoms with Crippen molar-refractivity contribution in [2.24, 2.45) is 4.99 Å². The Balaban J connectivity index is 1.56. The Hall–Kier alpha value is -1.89. The molecule has 0 saturated carbocycles. The SMILES string of the molecule is O=C(CC1SC(N2CCCCC2)=NC1=O)Nc1ccccc1F. The maximum Gasteiger partial charge on any atom is 0.262 e. The maximum absolute atomic E-state index is 13.5. The van der Waals surface area contributed by atoms with Crippen LogP contribution in [0.2, 0.25) is 0 Å². The molecular weight excluding hydrogens is 317 g/mol. The van der Waals surface area contributed by atoms with E-state index in [1.165, 1.54) is 30.3 Å². The van der Waals surface area contributed by atoms with Crippen LogP contribution in [0.4, 0.5) is 10.1 Å². The van der Waals surface area contributed by atoms with Gasteiger partial charge in [0.05, 0.1) is 5.69 Å². The Labute approximate surface area is 138 Å². The van der Waals surface area contributed by atoms with Crippen molar-refractivity contribution in [3.05, 3.63) is 30.1 Å². The number of hydrogen-bond donors (Lipinski definition) is 1. The number of nitrogens with one attached hydrogen (secondary N) is 1. The molecule has 3 rings (SSSR count). The van der Waals surface area contributed by atoms with E-state index in [2.05, 4.69) is 15.2 Å². The summed E-state index contributed by atoms with van der Waals surface area (Å²) in [6.45, 7) is 1.82. The Morgan fingerprint density at radius 2 is 2.04 bits per heavy atom. The lowest BCUT2D eigenvalue weighted by Crippen LogP contribution is -2.33. The minimum absolute atomic E-state index is 0.00132. The number of likely N-dealkylation sites (tertiary alicyclic amines) is 1. The zero-order valence-corrected chi connectivity index (χ0v) is 13.4. The van der Waals surface area contributed by atoms with Crippen molar-refractivity contribution in [2.75, 3.05) is 18.4 Å². The predicted molar refractivity (Wildman–Crippen MR) is 88.9 cm³/mol. The van der Waals surface area contributed by atoms with E-state index >= 15 is 0 Å². The molecular formula is C16H18FN3O2S. The van der Waals surface area contributed by atoms with E-state index in [0.29, 0.717) is 0 Å². The lowest BCUT2D eigenvalue weighted by molar-refractivity contribution is -0.121. The second-order valence-electron chi connectivity index (χ2n) is 5.62. The maximum atomic E-state index is 13.5. The van der Waals surface area contributed by atoms with Gasteiger partial charge in [-0.3, -0.25) is 9.59 Å². The van der Waals surface area contributed by atoms with Crippen LogP contribution in [0.5, 0.6) is 0 Å². The molecule has 5 nitrogen and oxygen atoms in total. The summed E-state index contributed by atoms with van der Waals surface area (Å²) < 4.78 is 13.5. The van der Waals surface area contributed by atoms with E-state index in [9.17, 15) is 14.0 Å². The number of aliphatic imine (C=N–C) groups is 1. The number of halogens is 1. The standard InChI is InChI=1S/C16H18FN3O2S/c17-11-6-2-3-7-12(11)18-14(21)10-13-15(22)19-16(23-13)20-8-4-1-5-9-20/h2-3,6-7,13H,1,4-5,8-10H2,(H,18,21). The van der Waals surface area contributed by atoms with Gasteiger partial charge in [-0.2, -0.15) is 4.99 Å². The molecule has 1 N–H and O–H groups in total. The third-order valence-electron chi connectivity index (χ3n) is 3.87. The van der Waals surface area contributed by atoms with E-state index in [4.69, 9.17) is 0 Å². The first kappa shape index (κ1) is 16.0. The van der Waals surface area contributed by atoms with E-state index in [0.717, 1.165) is 31.1 Å². The van der Waals surface area contributed by atoms with Crippen LogP contribution in [-0.2, 0) is 9.59 Å². The van der Waals surface area contributed by atoms with Crippen molar-refractivity contribution in [1.29, 1.82) is 0 Å². The van der Waals surface area contributed by atoms with Crippen molar-refractivity contribution in [3.8, 4) is 0 Å². The van der Waals surface area contributed by atoms with Gasteiger partial charge in [0.15, 0.2) is 5.17 Å². The van der Waals surface area contributed by atoms with Gasteiger partial charge >= 0.3 is 0 Å². The molecule has 2 aliphatic rings. The molecule has 0 aromatic heterocycles. The predicted octanol–water partition coefficient (Wildman–Crippen LogP) is 2.64. The molecule has 0 aliphatic carbocycles. The van der Waals surface area contributed by atoms with E-state index < -0.39 is 11.1 Å². The van der Waals surface area contributed by atoms with Gasteiger partial charge in [0.25, 0.3) is 5.91 Å². The second-order valence-corrected chi connectivity index (χ2v) is 6.79. The number of amides is 2. The van der Waals surface area contributed by atoms with Gasteiger partial charge < -0.3 is 10.2 Å². The summed E-state index contributed by atoms with van der Waals surface area (Å²) in [5.41, 5.74) is 0.130. The molecule has 0 bridgehead atoms. The number of amidine groups is 1. The molecule has 122 valence electrons. The highest BCUT2D eigenvalue weighted by Gasteiger charge is 2.33. The van der Waals surface area contributed by atoms with E-state index in [-0.39, 0.29) is 23.9 Å². The summed E-state index contributed by atoms with van der Waals surface area (Å²) in [6, 6.07) is 5.97. The number of carbonyl (C=O) groups excluding carboxylic acids is 2. The molecule has 1 fully saturated rings. The zero-order valence-electron chi connectivity index (χ0n) is 12.6. The number of thioether (sulfide) groups is 1. The first-order valence-corrected chi connectivity index (χ1v) is 8.60. The molecule has 1 saturated heterocycles. The van der Waals surface area contributed by atoms with E-state index in [1.807, 2.05) is 0 Å². The van der Waals surface area contributed by atoms with Crippen molar-refractivity contribution in [3.63, 3.8) is 0 Å². The lowest BCUT2D eigenvalue weighted by atomic mass is 10.1. The topological polar surface area (TPSA) is 61.8 Å². The molecule has 2 heterocycles. The average Bonchev–Trinajstić information content (AvgIpc) is 2.91. The number of nitrogens with zero attached hydrogens (tertiary/aromatic N) is 2. The number of anilines is 1. The monoisotopic (exact) mass is 335 g/mol. The molecule has 2 aliphatic heterocycles. The number of piperidine rings is 1. The summed E-state index contributed by atoms with van der Waals surface area (Å²) in [6.07, 6.45) is 3.41. The lowest BCUT2D eigenvalue weighted by Gasteiger charge is -2.27. The van der Waals surface area contributed by atoms with Crippen LogP contribution < -0.4 is 5.32 Å². The average molecular weight is 335 g/mol. The Morgan fingerprint density at radius 1 is 1.30 bits per heavy atom. The zero-order chi connectivity index (χ0) is 16.2. The number of hydrogen-bond acceptors (Lipinski definition) is 4. The van der Waals surface area contributed by atoms with Crippen molar-refractivity contribution in [1.82, 2.24) is 4.90 Å². The minimum Gasteiger partial charge on any atom is -0.351 e. The molecule has 0 spiro atoms. The fraction of sp³-hybridized carbons (Fsp3) is 0.438. The highest BCUT2D eigenvalue weighted by Crippen LogP contribution is 2.29. The van der Waals surface area contributed by atoms with Gasteiger partial charge in [0, 0.05) is 19.5 Å². The number of benzene rings is 1. The Bertz CT molecular complexity index is 644. The molecule has 23 heavy (non-hydrogen) atoms. The summed E-state index contributed by atoms with van der Waals surface area (Å²) in [4.78, 5) is 30.2. The van der Waals surface area contributed by atoms with Crippen LogP contribution in [0.25, 0.3) is 0 Å². The molecule has 1 atom stereocenters. The highest BCUT2D eigenvalue weighted by molar-refractivity contribution is 8.15. The minimum atomic E-state index is -0.515. The summed E-state index contributed by atoms with van der Waals surface area (Å²) in [5, 5.41) is 2.71. The molecule has 2 amide bonds. The van der Waals surface area contributed by atoms with Gasteiger partial charge in [-0.1, -0.05) is 23.9 Å². The van der Waals surface area contributed by atoms with Crippen LogP contribution in [0.1, 0.15) is 25.7 Å². The summed E-state index contributed by atoms with van der Waals surface area (Å²) >= 11 is 1.34. The number of para-hydroxylation sites is 1. The van der Waals surface area contributed by atoms with E-state index in [1.54, 1.807) is 12.1 Å². The summed E-state index contributed by atoms with van der Waals surface area (Å²) in [5.74, 6) is -1.15.